The summed E-state index contributed by atoms with van der Waals surface area (Å²) in [5.41, 5.74) is 3.50. The normalized spacial score (nSPS) is 21.6. The van der Waals surface area contributed by atoms with E-state index in [4.69, 9.17) is 0 Å². The summed E-state index contributed by atoms with van der Waals surface area (Å²) < 4.78 is 13.3. The minimum absolute atomic E-state index is 0.0921. The van der Waals surface area contributed by atoms with Crippen molar-refractivity contribution in [2.24, 2.45) is 5.92 Å². The van der Waals surface area contributed by atoms with Crippen molar-refractivity contribution in [1.29, 1.82) is 0 Å². The van der Waals surface area contributed by atoms with Gasteiger partial charge in [0.05, 0.1) is 12.0 Å². The van der Waals surface area contributed by atoms with Gasteiger partial charge in [0.1, 0.15) is 5.82 Å². The summed E-state index contributed by atoms with van der Waals surface area (Å²) in [5.74, 6) is -0.195. The smallest absolute Gasteiger partial charge is 0.225 e. The molecule has 142 valence electrons. The lowest BCUT2D eigenvalue weighted by Gasteiger charge is -2.49. The van der Waals surface area contributed by atoms with Gasteiger partial charge in [-0.1, -0.05) is 18.2 Å². The molecule has 2 atom stereocenters. The fourth-order valence-corrected chi connectivity index (χ4v) is 4.34. The van der Waals surface area contributed by atoms with Crippen molar-refractivity contribution >= 4 is 17.3 Å². The standard InChI is InChI=1S/C22H26FN3O/c1-15(2)24-22(27)19-13-16-5-3-4-6-20(16)26-12-11-25(14-21(19)26)18-9-7-17(23)8-10-18/h3-10,15,19,21H,11-14H2,1-2H3,(H,24,27). The van der Waals surface area contributed by atoms with Crippen LogP contribution in [0.4, 0.5) is 15.8 Å². The molecule has 5 heteroatoms. The highest BCUT2D eigenvalue weighted by Crippen LogP contribution is 2.36. The van der Waals surface area contributed by atoms with E-state index in [1.54, 1.807) is 0 Å². The van der Waals surface area contributed by atoms with Gasteiger partial charge in [-0.05, 0) is 56.2 Å². The Kier molecular flexibility index (Phi) is 4.77. The van der Waals surface area contributed by atoms with Crippen LogP contribution in [0.3, 0.4) is 0 Å². The zero-order valence-electron chi connectivity index (χ0n) is 15.9. The maximum Gasteiger partial charge on any atom is 0.225 e. The van der Waals surface area contributed by atoms with Gasteiger partial charge in [-0.2, -0.15) is 0 Å². The molecular formula is C22H26FN3O. The molecule has 0 bridgehead atoms. The van der Waals surface area contributed by atoms with Crippen LogP contribution in [0.25, 0.3) is 0 Å². The molecule has 27 heavy (non-hydrogen) atoms. The molecule has 0 aliphatic carbocycles. The lowest BCUT2D eigenvalue weighted by Crippen LogP contribution is -2.61. The number of benzene rings is 2. The number of hydrogen-bond acceptors (Lipinski definition) is 3. The Hall–Kier alpha value is -2.56. The van der Waals surface area contributed by atoms with Gasteiger partial charge in [0.25, 0.3) is 0 Å². The van der Waals surface area contributed by atoms with Crippen molar-refractivity contribution in [3.63, 3.8) is 0 Å². The van der Waals surface area contributed by atoms with E-state index in [-0.39, 0.29) is 29.7 Å². The minimum atomic E-state index is -0.224. The average molecular weight is 367 g/mol. The number of amides is 1. The number of piperazine rings is 1. The molecule has 1 N–H and O–H groups in total. The number of nitrogens with zero attached hydrogens (tertiary/aromatic N) is 2. The van der Waals surface area contributed by atoms with Gasteiger partial charge in [-0.15, -0.1) is 0 Å². The van der Waals surface area contributed by atoms with Crippen molar-refractivity contribution in [2.45, 2.75) is 32.4 Å². The lowest BCUT2D eigenvalue weighted by molar-refractivity contribution is -0.126. The Bertz CT molecular complexity index is 821. The van der Waals surface area contributed by atoms with Crippen LogP contribution in [-0.4, -0.2) is 37.6 Å². The summed E-state index contributed by atoms with van der Waals surface area (Å²) in [4.78, 5) is 17.6. The van der Waals surface area contributed by atoms with Gasteiger partial charge < -0.3 is 15.1 Å². The second-order valence-corrected chi connectivity index (χ2v) is 7.79. The third-order valence-corrected chi connectivity index (χ3v) is 5.58. The number of nitrogens with one attached hydrogen (secondary N) is 1. The highest BCUT2D eigenvalue weighted by molar-refractivity contribution is 5.82. The second-order valence-electron chi connectivity index (χ2n) is 7.79. The first-order valence-corrected chi connectivity index (χ1v) is 9.68. The van der Waals surface area contributed by atoms with Crippen molar-refractivity contribution < 1.29 is 9.18 Å². The van der Waals surface area contributed by atoms with Crippen molar-refractivity contribution in [3.8, 4) is 0 Å². The SMILES string of the molecule is CC(C)NC(=O)C1Cc2ccccc2N2CCN(c3ccc(F)cc3)CC12. The molecule has 4 rings (SSSR count). The van der Waals surface area contributed by atoms with Crippen LogP contribution in [0, 0.1) is 11.7 Å². The fourth-order valence-electron chi connectivity index (χ4n) is 4.34. The minimum Gasteiger partial charge on any atom is -0.368 e. The average Bonchev–Trinajstić information content (AvgIpc) is 2.67. The van der Waals surface area contributed by atoms with Gasteiger partial charge in [0.2, 0.25) is 5.91 Å². The van der Waals surface area contributed by atoms with Crippen LogP contribution in [0.1, 0.15) is 19.4 Å². The second kappa shape index (κ2) is 7.22. The molecule has 0 saturated carbocycles. The monoisotopic (exact) mass is 367 g/mol. The maximum absolute atomic E-state index is 13.3. The zero-order chi connectivity index (χ0) is 19.0. The first-order chi connectivity index (χ1) is 13.0. The molecule has 0 spiro atoms. The Morgan fingerprint density at radius 3 is 2.59 bits per heavy atom. The van der Waals surface area contributed by atoms with Gasteiger partial charge in [0.15, 0.2) is 0 Å². The number of para-hydroxylation sites is 1. The molecule has 2 aliphatic heterocycles. The zero-order valence-corrected chi connectivity index (χ0v) is 15.9. The van der Waals surface area contributed by atoms with Crippen LogP contribution in [0.2, 0.25) is 0 Å². The molecule has 4 nitrogen and oxygen atoms in total. The molecule has 0 aromatic heterocycles. The summed E-state index contributed by atoms with van der Waals surface area (Å²) in [6, 6.07) is 15.3. The van der Waals surface area contributed by atoms with Crippen molar-refractivity contribution in [2.75, 3.05) is 29.4 Å². The molecule has 2 aromatic rings. The van der Waals surface area contributed by atoms with E-state index in [0.717, 1.165) is 31.7 Å². The summed E-state index contributed by atoms with van der Waals surface area (Å²) in [7, 11) is 0. The van der Waals surface area contributed by atoms with Crippen LogP contribution in [0.5, 0.6) is 0 Å². The molecular weight excluding hydrogens is 341 g/mol. The third kappa shape index (κ3) is 3.51. The van der Waals surface area contributed by atoms with E-state index in [9.17, 15) is 9.18 Å². The molecule has 0 radical (unpaired) electrons. The van der Waals surface area contributed by atoms with E-state index in [1.165, 1.54) is 23.4 Å². The first-order valence-electron chi connectivity index (χ1n) is 9.68. The molecule has 2 aromatic carbocycles. The molecule has 2 unspecified atom stereocenters. The summed E-state index contributed by atoms with van der Waals surface area (Å²) in [6.07, 6.45) is 0.757. The van der Waals surface area contributed by atoms with E-state index in [1.807, 2.05) is 32.0 Å². The van der Waals surface area contributed by atoms with Crippen molar-refractivity contribution in [3.05, 3.63) is 59.9 Å². The largest absolute Gasteiger partial charge is 0.368 e. The number of carbonyl (C=O) groups excluding carboxylic acids is 1. The molecule has 2 heterocycles. The van der Waals surface area contributed by atoms with E-state index in [2.05, 4.69) is 33.3 Å². The summed E-state index contributed by atoms with van der Waals surface area (Å²) in [5, 5.41) is 3.10. The number of halogens is 1. The van der Waals surface area contributed by atoms with E-state index < -0.39 is 0 Å². The fraction of sp³-hybridized carbons (Fsp3) is 0.409. The van der Waals surface area contributed by atoms with E-state index in [0.29, 0.717) is 0 Å². The quantitative estimate of drug-likeness (QED) is 0.905. The van der Waals surface area contributed by atoms with Gasteiger partial charge >= 0.3 is 0 Å². The Balaban J connectivity index is 1.64. The predicted octanol–water partition coefficient (Wildman–Crippen LogP) is 3.22. The number of anilines is 2. The van der Waals surface area contributed by atoms with Crippen LogP contribution < -0.4 is 15.1 Å². The highest BCUT2D eigenvalue weighted by atomic mass is 19.1. The molecule has 1 fully saturated rings. The lowest BCUT2D eigenvalue weighted by atomic mass is 9.83. The number of hydrogen-bond donors (Lipinski definition) is 1. The molecule has 1 saturated heterocycles. The molecule has 1 amide bonds. The van der Waals surface area contributed by atoms with Gasteiger partial charge in [-0.25, -0.2) is 4.39 Å². The molecule has 2 aliphatic rings. The van der Waals surface area contributed by atoms with Crippen LogP contribution >= 0.6 is 0 Å². The highest BCUT2D eigenvalue weighted by Gasteiger charge is 2.41. The van der Waals surface area contributed by atoms with Gasteiger partial charge in [-0.3, -0.25) is 4.79 Å². The Morgan fingerprint density at radius 2 is 1.85 bits per heavy atom. The third-order valence-electron chi connectivity index (χ3n) is 5.58. The number of fused-ring (bicyclic) bond motifs is 3. The predicted molar refractivity (Wildman–Crippen MR) is 107 cm³/mol. The van der Waals surface area contributed by atoms with E-state index >= 15 is 0 Å². The Morgan fingerprint density at radius 1 is 1.11 bits per heavy atom. The van der Waals surface area contributed by atoms with Crippen LogP contribution in [0.15, 0.2) is 48.5 Å². The topological polar surface area (TPSA) is 35.6 Å². The summed E-state index contributed by atoms with van der Waals surface area (Å²) >= 11 is 0. The van der Waals surface area contributed by atoms with Crippen LogP contribution in [-0.2, 0) is 11.2 Å². The Labute approximate surface area is 160 Å². The number of carbonyl (C=O) groups is 1. The number of rotatable bonds is 3. The summed E-state index contributed by atoms with van der Waals surface area (Å²) in [6.45, 7) is 6.46. The van der Waals surface area contributed by atoms with Gasteiger partial charge in [0, 0.05) is 37.1 Å². The first kappa shape index (κ1) is 17.8. The van der Waals surface area contributed by atoms with Crippen molar-refractivity contribution in [1.82, 2.24) is 5.32 Å². The maximum atomic E-state index is 13.3.